The van der Waals surface area contributed by atoms with E-state index < -0.39 is 28.8 Å². The van der Waals surface area contributed by atoms with Gasteiger partial charge in [-0.2, -0.15) is 0 Å². The van der Waals surface area contributed by atoms with Gasteiger partial charge in [-0.3, -0.25) is 4.21 Å². The average molecular weight is 274 g/mol. The fourth-order valence-electron chi connectivity index (χ4n) is 1.16. The standard InChI is InChI=1S/C11H18N2O4S/c1-4-5-9(10(14)15)13-11(16)12-8(2)6-7-18(3)17/h1,8-9H,5-7H2,2-3H3,(H,14,15)(H2,12,13,16). The van der Waals surface area contributed by atoms with Crippen LogP contribution in [0.3, 0.4) is 0 Å². The number of carboxylic acids is 1. The lowest BCUT2D eigenvalue weighted by Crippen LogP contribution is -2.48. The molecule has 0 aliphatic heterocycles. The molecule has 3 unspecified atom stereocenters. The monoisotopic (exact) mass is 274 g/mol. The second-order valence-electron chi connectivity index (χ2n) is 3.88. The number of carbonyl (C=O) groups excluding carboxylic acids is 1. The van der Waals surface area contributed by atoms with E-state index in [1.807, 2.05) is 0 Å². The largest absolute Gasteiger partial charge is 0.480 e. The maximum atomic E-state index is 11.5. The molecular weight excluding hydrogens is 256 g/mol. The van der Waals surface area contributed by atoms with Crippen molar-refractivity contribution in [3.05, 3.63) is 0 Å². The van der Waals surface area contributed by atoms with Gasteiger partial charge in [0.05, 0.1) is 0 Å². The predicted octanol–water partition coefficient (Wildman–Crippen LogP) is -0.0808. The van der Waals surface area contributed by atoms with Crippen molar-refractivity contribution in [2.45, 2.75) is 31.8 Å². The van der Waals surface area contributed by atoms with Crippen LogP contribution >= 0.6 is 0 Å². The maximum Gasteiger partial charge on any atom is 0.327 e. The minimum Gasteiger partial charge on any atom is -0.480 e. The Balaban J connectivity index is 4.12. The molecule has 0 saturated carbocycles. The molecule has 3 atom stereocenters. The number of carbonyl (C=O) groups is 2. The van der Waals surface area contributed by atoms with Gasteiger partial charge < -0.3 is 15.7 Å². The summed E-state index contributed by atoms with van der Waals surface area (Å²) in [5.41, 5.74) is 0. The van der Waals surface area contributed by atoms with Gasteiger partial charge in [-0.25, -0.2) is 9.59 Å². The highest BCUT2D eigenvalue weighted by atomic mass is 32.2. The number of nitrogens with one attached hydrogen (secondary N) is 2. The van der Waals surface area contributed by atoms with Crippen LogP contribution in [-0.2, 0) is 15.6 Å². The summed E-state index contributed by atoms with van der Waals surface area (Å²) in [5, 5.41) is 13.6. The SMILES string of the molecule is C#CCC(NC(=O)NC(C)CCS(C)=O)C(=O)O. The van der Waals surface area contributed by atoms with E-state index >= 15 is 0 Å². The molecular formula is C11H18N2O4S. The zero-order valence-corrected chi connectivity index (χ0v) is 11.3. The lowest BCUT2D eigenvalue weighted by molar-refractivity contribution is -0.139. The molecule has 0 aromatic heterocycles. The normalized spacial score (nSPS) is 14.9. The number of terminal acetylenes is 1. The van der Waals surface area contributed by atoms with E-state index in [9.17, 15) is 13.8 Å². The molecule has 0 heterocycles. The van der Waals surface area contributed by atoms with E-state index in [-0.39, 0.29) is 12.5 Å². The van der Waals surface area contributed by atoms with Crippen LogP contribution in [0.4, 0.5) is 4.79 Å². The smallest absolute Gasteiger partial charge is 0.327 e. The Bertz CT molecular complexity index is 365. The van der Waals surface area contributed by atoms with Gasteiger partial charge in [0.15, 0.2) is 0 Å². The number of amides is 2. The van der Waals surface area contributed by atoms with Crippen LogP contribution in [0, 0.1) is 12.3 Å². The van der Waals surface area contributed by atoms with Crippen molar-refractivity contribution in [1.82, 2.24) is 10.6 Å². The number of rotatable bonds is 7. The molecule has 6 nitrogen and oxygen atoms in total. The number of carboxylic acid groups (broad SMARTS) is 1. The van der Waals surface area contributed by atoms with Crippen molar-refractivity contribution in [2.75, 3.05) is 12.0 Å². The molecule has 0 aromatic rings. The van der Waals surface area contributed by atoms with Crippen LogP contribution in [0.2, 0.25) is 0 Å². The fraction of sp³-hybridized carbons (Fsp3) is 0.636. The minimum absolute atomic E-state index is 0.0733. The molecule has 2 amide bonds. The van der Waals surface area contributed by atoms with E-state index in [0.29, 0.717) is 12.2 Å². The molecule has 0 aliphatic rings. The van der Waals surface area contributed by atoms with Gasteiger partial charge in [0.1, 0.15) is 6.04 Å². The lowest BCUT2D eigenvalue weighted by atomic mass is 10.2. The molecule has 0 fully saturated rings. The predicted molar refractivity (Wildman–Crippen MR) is 69.6 cm³/mol. The zero-order valence-electron chi connectivity index (χ0n) is 10.4. The molecule has 3 N–H and O–H groups in total. The Kier molecular flexibility index (Phi) is 7.79. The van der Waals surface area contributed by atoms with Gasteiger partial charge in [-0.1, -0.05) is 0 Å². The highest BCUT2D eigenvalue weighted by Crippen LogP contribution is 1.94. The molecule has 0 rings (SSSR count). The van der Waals surface area contributed by atoms with Crippen LogP contribution in [0.5, 0.6) is 0 Å². The first-order valence-corrected chi connectivity index (χ1v) is 7.12. The summed E-state index contributed by atoms with van der Waals surface area (Å²) in [6.07, 6.45) is 7.08. The topological polar surface area (TPSA) is 95.5 Å². The number of aliphatic carboxylic acids is 1. The molecule has 102 valence electrons. The van der Waals surface area contributed by atoms with Crippen molar-refractivity contribution in [3.63, 3.8) is 0 Å². The summed E-state index contributed by atoms with van der Waals surface area (Å²) < 4.78 is 10.9. The van der Waals surface area contributed by atoms with Gasteiger partial charge in [0, 0.05) is 35.3 Å². The summed E-state index contributed by atoms with van der Waals surface area (Å²) >= 11 is 0. The van der Waals surface area contributed by atoms with Crippen molar-refractivity contribution in [3.8, 4) is 12.3 Å². The van der Waals surface area contributed by atoms with E-state index in [1.165, 1.54) is 0 Å². The average Bonchev–Trinajstić information content (AvgIpc) is 2.25. The summed E-state index contributed by atoms with van der Waals surface area (Å²) in [4.78, 5) is 22.2. The molecule has 0 saturated heterocycles. The summed E-state index contributed by atoms with van der Waals surface area (Å²) in [7, 11) is -0.914. The second kappa shape index (κ2) is 8.53. The molecule has 0 bridgehead atoms. The lowest BCUT2D eigenvalue weighted by Gasteiger charge is -2.16. The summed E-state index contributed by atoms with van der Waals surface area (Å²) in [6.45, 7) is 1.75. The Labute approximate surface area is 109 Å². The first-order chi connectivity index (χ1) is 8.36. The molecule has 0 radical (unpaired) electrons. The molecule has 7 heteroatoms. The molecule has 0 aromatic carbocycles. The fourth-order valence-corrected chi connectivity index (χ4v) is 1.84. The molecule has 0 spiro atoms. The van der Waals surface area contributed by atoms with Crippen LogP contribution in [0.25, 0.3) is 0 Å². The van der Waals surface area contributed by atoms with E-state index in [4.69, 9.17) is 11.5 Å². The first-order valence-electron chi connectivity index (χ1n) is 5.40. The Morgan fingerprint density at radius 1 is 1.44 bits per heavy atom. The van der Waals surface area contributed by atoms with Gasteiger partial charge in [0.25, 0.3) is 0 Å². The van der Waals surface area contributed by atoms with Gasteiger partial charge in [-0.05, 0) is 13.3 Å². The van der Waals surface area contributed by atoms with Crippen molar-refractivity contribution in [1.29, 1.82) is 0 Å². The zero-order chi connectivity index (χ0) is 14.1. The Morgan fingerprint density at radius 3 is 2.50 bits per heavy atom. The molecule has 18 heavy (non-hydrogen) atoms. The van der Waals surface area contributed by atoms with Crippen LogP contribution in [0.1, 0.15) is 19.8 Å². The molecule has 0 aliphatic carbocycles. The third kappa shape index (κ3) is 7.68. The Hall–Kier alpha value is -1.55. The second-order valence-corrected chi connectivity index (χ2v) is 5.44. The number of hydrogen-bond acceptors (Lipinski definition) is 3. The third-order valence-corrected chi connectivity index (χ3v) is 2.95. The van der Waals surface area contributed by atoms with E-state index in [2.05, 4.69) is 16.6 Å². The first kappa shape index (κ1) is 16.4. The van der Waals surface area contributed by atoms with Crippen LogP contribution < -0.4 is 10.6 Å². The quantitative estimate of drug-likeness (QED) is 0.566. The summed E-state index contributed by atoms with van der Waals surface area (Å²) in [5.74, 6) is 1.49. The minimum atomic E-state index is -1.18. The van der Waals surface area contributed by atoms with Crippen LogP contribution in [-0.4, -0.2) is 45.4 Å². The van der Waals surface area contributed by atoms with Crippen molar-refractivity contribution < 1.29 is 18.9 Å². The van der Waals surface area contributed by atoms with E-state index in [0.717, 1.165) is 0 Å². The van der Waals surface area contributed by atoms with Crippen LogP contribution in [0.15, 0.2) is 0 Å². The third-order valence-electron chi connectivity index (χ3n) is 2.14. The van der Waals surface area contributed by atoms with Crippen molar-refractivity contribution in [2.24, 2.45) is 0 Å². The van der Waals surface area contributed by atoms with Crippen molar-refractivity contribution >= 4 is 22.8 Å². The maximum absolute atomic E-state index is 11.5. The highest BCUT2D eigenvalue weighted by Gasteiger charge is 2.19. The van der Waals surface area contributed by atoms with Gasteiger partial charge >= 0.3 is 12.0 Å². The summed E-state index contributed by atoms with van der Waals surface area (Å²) in [6, 6.07) is -1.87. The van der Waals surface area contributed by atoms with Gasteiger partial charge in [-0.15, -0.1) is 12.3 Å². The van der Waals surface area contributed by atoms with Gasteiger partial charge in [0.2, 0.25) is 0 Å². The number of hydrogen-bond donors (Lipinski definition) is 3. The van der Waals surface area contributed by atoms with E-state index in [1.54, 1.807) is 13.2 Å². The Morgan fingerprint density at radius 2 is 2.06 bits per heavy atom. The highest BCUT2D eigenvalue weighted by molar-refractivity contribution is 7.84. The number of urea groups is 1.